The zero-order valence-electron chi connectivity index (χ0n) is 18.7. The Bertz CT molecular complexity index is 417. The van der Waals surface area contributed by atoms with Gasteiger partial charge in [-0.15, -0.1) is 0 Å². The van der Waals surface area contributed by atoms with Crippen molar-refractivity contribution < 1.29 is 0 Å². The van der Waals surface area contributed by atoms with E-state index >= 15 is 0 Å². The van der Waals surface area contributed by atoms with Gasteiger partial charge in [0.05, 0.1) is 0 Å². The summed E-state index contributed by atoms with van der Waals surface area (Å²) in [5, 5.41) is 0. The monoisotopic (exact) mass is 438 g/mol. The predicted molar refractivity (Wildman–Crippen MR) is 124 cm³/mol. The second-order valence-corrected chi connectivity index (χ2v) is 12.5. The number of hydrogen-bond donors (Lipinski definition) is 0. The molecule has 0 radical (unpaired) electrons. The molecule has 3 saturated carbocycles. The molecule has 0 aromatic rings. The second kappa shape index (κ2) is 9.99. The van der Waals surface area contributed by atoms with Gasteiger partial charge in [-0.2, -0.15) is 0 Å². The van der Waals surface area contributed by atoms with E-state index in [9.17, 15) is 0 Å². The van der Waals surface area contributed by atoms with Crippen LogP contribution in [0.25, 0.3) is 0 Å². The van der Waals surface area contributed by atoms with Gasteiger partial charge in [0, 0.05) is 4.32 Å². The van der Waals surface area contributed by atoms with Gasteiger partial charge in [0.1, 0.15) is 0 Å². The van der Waals surface area contributed by atoms with Gasteiger partial charge in [-0.1, -0.05) is 100 Å². The first-order valence-electron chi connectivity index (χ1n) is 12.7. The van der Waals surface area contributed by atoms with E-state index in [1.54, 1.807) is 0 Å². The Kier molecular flexibility index (Phi) is 8.20. The highest BCUT2D eigenvalue weighted by atomic mass is 79.9. The Morgan fingerprint density at radius 2 is 1.22 bits per heavy atom. The van der Waals surface area contributed by atoms with Gasteiger partial charge >= 0.3 is 0 Å². The van der Waals surface area contributed by atoms with Crippen molar-refractivity contribution >= 4 is 15.9 Å². The summed E-state index contributed by atoms with van der Waals surface area (Å²) < 4.78 is 0.375. The molecule has 1 unspecified atom stereocenters. The fraction of sp³-hybridized carbons (Fsp3) is 1.00. The van der Waals surface area contributed by atoms with E-state index < -0.39 is 0 Å². The van der Waals surface area contributed by atoms with Gasteiger partial charge in [0.2, 0.25) is 0 Å². The topological polar surface area (TPSA) is 0 Å². The second-order valence-electron chi connectivity index (χ2n) is 10.8. The number of hydrogen-bond acceptors (Lipinski definition) is 0. The third-order valence-electron chi connectivity index (χ3n) is 9.35. The van der Waals surface area contributed by atoms with Crippen molar-refractivity contribution in [3.05, 3.63) is 0 Å². The van der Waals surface area contributed by atoms with E-state index in [0.29, 0.717) is 9.74 Å². The molecule has 3 rings (SSSR count). The molecule has 158 valence electrons. The molecule has 0 amide bonds. The van der Waals surface area contributed by atoms with Crippen LogP contribution in [0.1, 0.15) is 130 Å². The molecule has 0 aliphatic heterocycles. The zero-order chi connectivity index (χ0) is 19.3. The number of alkyl halides is 1. The van der Waals surface area contributed by atoms with Gasteiger partial charge < -0.3 is 0 Å². The van der Waals surface area contributed by atoms with E-state index in [1.807, 2.05) is 0 Å². The summed E-state index contributed by atoms with van der Waals surface area (Å²) in [5.74, 6) is 3.97. The van der Waals surface area contributed by atoms with E-state index in [4.69, 9.17) is 0 Å². The molecule has 1 atom stereocenters. The standard InChI is InChI=1S/C26H47Br/c1-4-9-21-11-15-23(16-12-21)25(3,27)26(19-7-6-8-20-26)24-17-13-22(10-5-2)14-18-24/h21-24H,4-20H2,1-3H3/t21-,22-,23-,24-,25?. The zero-order valence-corrected chi connectivity index (χ0v) is 20.3. The van der Waals surface area contributed by atoms with Crippen LogP contribution in [0.5, 0.6) is 0 Å². The highest BCUT2D eigenvalue weighted by Crippen LogP contribution is 2.62. The fourth-order valence-electron chi connectivity index (χ4n) is 7.70. The van der Waals surface area contributed by atoms with Crippen molar-refractivity contribution in [2.24, 2.45) is 29.1 Å². The minimum Gasteiger partial charge on any atom is -0.0847 e. The number of halogens is 1. The average molecular weight is 440 g/mol. The number of rotatable bonds is 7. The van der Waals surface area contributed by atoms with Crippen LogP contribution in [0.2, 0.25) is 0 Å². The lowest BCUT2D eigenvalue weighted by Gasteiger charge is -2.58. The third-order valence-corrected chi connectivity index (χ3v) is 10.8. The first kappa shape index (κ1) is 22.2. The molecule has 0 aromatic heterocycles. The molecular weight excluding hydrogens is 392 g/mol. The van der Waals surface area contributed by atoms with Crippen LogP contribution in [0.15, 0.2) is 0 Å². The maximum Gasteiger partial charge on any atom is 0.0316 e. The molecule has 0 aromatic carbocycles. The minimum absolute atomic E-state index is 0.375. The summed E-state index contributed by atoms with van der Waals surface area (Å²) in [6.07, 6.45) is 25.2. The molecule has 0 N–H and O–H groups in total. The van der Waals surface area contributed by atoms with Crippen molar-refractivity contribution in [2.45, 2.75) is 134 Å². The molecule has 1 heteroatoms. The molecule has 3 aliphatic carbocycles. The quantitative estimate of drug-likeness (QED) is 0.347. The van der Waals surface area contributed by atoms with Crippen molar-refractivity contribution in [2.75, 3.05) is 0 Å². The van der Waals surface area contributed by atoms with Gasteiger partial charge in [0.15, 0.2) is 0 Å². The summed E-state index contributed by atoms with van der Waals surface area (Å²) in [7, 11) is 0. The molecular formula is C26H47Br. The molecule has 0 nitrogen and oxygen atoms in total. The van der Waals surface area contributed by atoms with Gasteiger partial charge in [-0.25, -0.2) is 0 Å². The third kappa shape index (κ3) is 4.80. The normalized spacial score (nSPS) is 36.9. The van der Waals surface area contributed by atoms with Crippen LogP contribution in [0, 0.1) is 29.1 Å². The maximum atomic E-state index is 4.50. The molecule has 3 fully saturated rings. The molecule has 0 bridgehead atoms. The van der Waals surface area contributed by atoms with Crippen molar-refractivity contribution in [3.8, 4) is 0 Å². The first-order chi connectivity index (χ1) is 13.0. The van der Waals surface area contributed by atoms with Crippen molar-refractivity contribution in [1.29, 1.82) is 0 Å². The van der Waals surface area contributed by atoms with Crippen LogP contribution < -0.4 is 0 Å². The molecule has 0 heterocycles. The van der Waals surface area contributed by atoms with E-state index in [-0.39, 0.29) is 0 Å². The Hall–Kier alpha value is 0.480. The summed E-state index contributed by atoms with van der Waals surface area (Å²) in [6.45, 7) is 7.40. The van der Waals surface area contributed by atoms with Crippen LogP contribution in [-0.2, 0) is 0 Å². The van der Waals surface area contributed by atoms with Crippen molar-refractivity contribution in [1.82, 2.24) is 0 Å². The SMILES string of the molecule is CCC[C@H]1CC[C@H](C(C)(Br)C2([C@H]3CC[C@H](CCC)CC3)CCCCC2)CC1. The Morgan fingerprint density at radius 3 is 1.70 bits per heavy atom. The lowest BCUT2D eigenvalue weighted by Crippen LogP contribution is -2.53. The van der Waals surface area contributed by atoms with Gasteiger partial charge in [-0.05, 0) is 74.5 Å². The molecule has 0 saturated heterocycles. The van der Waals surface area contributed by atoms with Crippen LogP contribution >= 0.6 is 15.9 Å². The maximum absolute atomic E-state index is 4.50. The Morgan fingerprint density at radius 1 is 0.741 bits per heavy atom. The van der Waals surface area contributed by atoms with Gasteiger partial charge in [0.25, 0.3) is 0 Å². The van der Waals surface area contributed by atoms with E-state index in [1.165, 1.54) is 109 Å². The predicted octanol–water partition coefficient (Wildman–Crippen LogP) is 9.30. The highest BCUT2D eigenvalue weighted by Gasteiger charge is 2.55. The minimum atomic E-state index is 0.375. The smallest absolute Gasteiger partial charge is 0.0316 e. The van der Waals surface area contributed by atoms with Gasteiger partial charge in [-0.3, -0.25) is 0 Å². The Labute approximate surface area is 179 Å². The fourth-order valence-corrected chi connectivity index (χ4v) is 8.88. The molecule has 27 heavy (non-hydrogen) atoms. The molecule has 0 spiro atoms. The summed E-state index contributed by atoms with van der Waals surface area (Å²) in [6, 6.07) is 0. The average Bonchev–Trinajstić information content (AvgIpc) is 2.70. The van der Waals surface area contributed by atoms with Crippen LogP contribution in [0.4, 0.5) is 0 Å². The highest BCUT2D eigenvalue weighted by molar-refractivity contribution is 9.10. The summed E-state index contributed by atoms with van der Waals surface area (Å²) in [5.41, 5.74) is 0.588. The van der Waals surface area contributed by atoms with E-state index in [0.717, 1.165) is 23.7 Å². The lowest BCUT2D eigenvalue weighted by molar-refractivity contribution is -0.00828. The van der Waals surface area contributed by atoms with Crippen LogP contribution in [-0.4, -0.2) is 4.32 Å². The summed E-state index contributed by atoms with van der Waals surface area (Å²) >= 11 is 4.50. The van der Waals surface area contributed by atoms with E-state index in [2.05, 4.69) is 36.7 Å². The largest absolute Gasteiger partial charge is 0.0847 e. The summed E-state index contributed by atoms with van der Waals surface area (Å²) in [4.78, 5) is 0. The van der Waals surface area contributed by atoms with Crippen molar-refractivity contribution in [3.63, 3.8) is 0 Å². The first-order valence-corrected chi connectivity index (χ1v) is 13.5. The van der Waals surface area contributed by atoms with Crippen LogP contribution in [0.3, 0.4) is 0 Å². The lowest BCUT2D eigenvalue weighted by atomic mass is 9.52. The molecule has 3 aliphatic rings. The Balaban J connectivity index is 1.71.